The van der Waals surface area contributed by atoms with Crippen LogP contribution in [0.25, 0.3) is 11.4 Å². The van der Waals surface area contributed by atoms with Gasteiger partial charge < -0.3 is 14.8 Å². The third-order valence-electron chi connectivity index (χ3n) is 5.43. The van der Waals surface area contributed by atoms with Gasteiger partial charge >= 0.3 is 0 Å². The fourth-order valence-corrected chi connectivity index (χ4v) is 3.93. The minimum Gasteiger partial charge on any atom is -0.448 e. The van der Waals surface area contributed by atoms with Crippen LogP contribution < -0.4 is 14.8 Å². The van der Waals surface area contributed by atoms with Crippen molar-refractivity contribution in [3.05, 3.63) is 48.5 Å². The Kier molecular flexibility index (Phi) is 4.82. The molecule has 0 bridgehead atoms. The Balaban J connectivity index is 1.12. The van der Waals surface area contributed by atoms with Crippen molar-refractivity contribution in [2.45, 2.75) is 50.9 Å². The summed E-state index contributed by atoms with van der Waals surface area (Å²) in [6, 6.07) is 15.2. The van der Waals surface area contributed by atoms with Crippen molar-refractivity contribution in [2.75, 3.05) is 5.32 Å². The van der Waals surface area contributed by atoms with E-state index in [-0.39, 0.29) is 5.91 Å². The summed E-state index contributed by atoms with van der Waals surface area (Å²) in [6.45, 7) is 0.525. The lowest BCUT2D eigenvalue weighted by atomic mass is 10.2. The van der Waals surface area contributed by atoms with Crippen molar-refractivity contribution in [3.63, 3.8) is 0 Å². The zero-order chi connectivity index (χ0) is 20.4. The van der Waals surface area contributed by atoms with Crippen LogP contribution in [0.5, 0.6) is 11.5 Å². The summed E-state index contributed by atoms with van der Waals surface area (Å²) in [4.78, 5) is 13.9. The van der Waals surface area contributed by atoms with Crippen molar-refractivity contribution < 1.29 is 14.3 Å². The molecule has 30 heavy (non-hydrogen) atoms. The molecule has 1 amide bonds. The Hall–Kier alpha value is -3.42. The molecule has 2 aliphatic rings. The van der Waals surface area contributed by atoms with Gasteiger partial charge in [-0.05, 0) is 36.6 Å². The number of aromatic nitrogens is 4. The van der Waals surface area contributed by atoms with Crippen LogP contribution in [0.15, 0.2) is 48.5 Å². The standard InChI is InChI=1S/C22H23N5O3/c28-20(9-6-14-27-25-21(24-26-27)16-7-2-1-3-8-16)23-17-10-11-18-19(15-17)30-22(29-18)12-4-5-13-22/h1-3,7-8,10-11,15H,4-6,9,12-14H2,(H,23,28). The molecule has 0 radical (unpaired) electrons. The molecule has 0 saturated heterocycles. The van der Waals surface area contributed by atoms with Crippen molar-refractivity contribution in [1.29, 1.82) is 0 Å². The van der Waals surface area contributed by atoms with E-state index in [1.807, 2.05) is 48.5 Å². The Labute approximate surface area is 174 Å². The average molecular weight is 405 g/mol. The van der Waals surface area contributed by atoms with E-state index in [0.717, 1.165) is 37.0 Å². The molecule has 1 aliphatic heterocycles. The highest BCUT2D eigenvalue weighted by atomic mass is 16.7. The van der Waals surface area contributed by atoms with E-state index in [4.69, 9.17) is 9.47 Å². The van der Waals surface area contributed by atoms with Crippen LogP contribution in [0.3, 0.4) is 0 Å². The molecule has 1 aromatic heterocycles. The van der Waals surface area contributed by atoms with Gasteiger partial charge in [0.15, 0.2) is 11.5 Å². The summed E-state index contributed by atoms with van der Waals surface area (Å²) in [7, 11) is 0. The van der Waals surface area contributed by atoms with Gasteiger partial charge in [-0.3, -0.25) is 4.79 Å². The summed E-state index contributed by atoms with van der Waals surface area (Å²) in [6.07, 6.45) is 5.03. The number of nitrogens with one attached hydrogen (secondary N) is 1. The number of carbonyl (C=O) groups is 1. The molecule has 1 N–H and O–H groups in total. The first-order chi connectivity index (χ1) is 14.7. The second-order valence-electron chi connectivity index (χ2n) is 7.71. The highest BCUT2D eigenvalue weighted by molar-refractivity contribution is 5.91. The van der Waals surface area contributed by atoms with E-state index in [1.165, 1.54) is 4.80 Å². The van der Waals surface area contributed by atoms with Crippen molar-refractivity contribution in [3.8, 4) is 22.9 Å². The third kappa shape index (κ3) is 3.85. The number of nitrogens with zero attached hydrogens (tertiary/aromatic N) is 4. The van der Waals surface area contributed by atoms with Crippen LogP contribution in [0.4, 0.5) is 5.69 Å². The Morgan fingerprint density at radius 3 is 2.70 bits per heavy atom. The van der Waals surface area contributed by atoms with E-state index in [0.29, 0.717) is 36.6 Å². The predicted molar refractivity (Wildman–Crippen MR) is 110 cm³/mol. The number of fused-ring (bicyclic) bond motifs is 1. The maximum atomic E-state index is 12.3. The topological polar surface area (TPSA) is 91.2 Å². The Bertz CT molecular complexity index is 1040. The van der Waals surface area contributed by atoms with Crippen molar-refractivity contribution in [2.24, 2.45) is 0 Å². The molecule has 1 fully saturated rings. The zero-order valence-electron chi connectivity index (χ0n) is 16.6. The van der Waals surface area contributed by atoms with E-state index < -0.39 is 5.79 Å². The quantitative estimate of drug-likeness (QED) is 0.671. The number of tetrazole rings is 1. The van der Waals surface area contributed by atoms with Crippen LogP contribution in [0, 0.1) is 0 Å². The maximum absolute atomic E-state index is 12.3. The van der Waals surface area contributed by atoms with Gasteiger partial charge in [0.2, 0.25) is 11.7 Å². The molecular weight excluding hydrogens is 382 g/mol. The van der Waals surface area contributed by atoms with Crippen LogP contribution in [-0.2, 0) is 11.3 Å². The molecule has 8 heteroatoms. The van der Waals surface area contributed by atoms with Gasteiger partial charge in [-0.15, -0.1) is 10.2 Å². The fourth-order valence-electron chi connectivity index (χ4n) is 3.93. The number of ether oxygens (including phenoxy) is 2. The summed E-state index contributed by atoms with van der Waals surface area (Å²) < 4.78 is 12.1. The number of carbonyl (C=O) groups excluding carboxylic acids is 1. The number of hydrogen-bond acceptors (Lipinski definition) is 6. The highest BCUT2D eigenvalue weighted by Gasteiger charge is 2.44. The zero-order valence-corrected chi connectivity index (χ0v) is 16.6. The normalized spacial score (nSPS) is 16.1. The van der Waals surface area contributed by atoms with Gasteiger partial charge in [-0.1, -0.05) is 30.3 Å². The summed E-state index contributed by atoms with van der Waals surface area (Å²) in [5.41, 5.74) is 1.63. The summed E-state index contributed by atoms with van der Waals surface area (Å²) in [5.74, 6) is 1.48. The van der Waals surface area contributed by atoms with Gasteiger partial charge in [0, 0.05) is 36.6 Å². The van der Waals surface area contributed by atoms with Crippen molar-refractivity contribution >= 4 is 11.6 Å². The minimum atomic E-state index is -0.492. The van der Waals surface area contributed by atoms with Gasteiger partial charge in [0.05, 0.1) is 6.54 Å². The van der Waals surface area contributed by atoms with Gasteiger partial charge in [-0.2, -0.15) is 4.80 Å². The average Bonchev–Trinajstić information content (AvgIpc) is 3.49. The number of benzene rings is 2. The molecule has 1 saturated carbocycles. The van der Waals surface area contributed by atoms with E-state index in [2.05, 4.69) is 20.7 Å². The molecule has 8 nitrogen and oxygen atoms in total. The molecule has 3 aromatic rings. The van der Waals surface area contributed by atoms with E-state index in [1.54, 1.807) is 0 Å². The van der Waals surface area contributed by atoms with Crippen molar-refractivity contribution in [1.82, 2.24) is 20.2 Å². The van der Waals surface area contributed by atoms with Crippen LogP contribution in [0.2, 0.25) is 0 Å². The second kappa shape index (κ2) is 7.78. The van der Waals surface area contributed by atoms with E-state index >= 15 is 0 Å². The molecule has 2 heterocycles. The first kappa shape index (κ1) is 18.6. The molecule has 2 aromatic carbocycles. The second-order valence-corrected chi connectivity index (χ2v) is 7.71. The number of aryl methyl sites for hydroxylation is 1. The monoisotopic (exact) mass is 405 g/mol. The third-order valence-corrected chi connectivity index (χ3v) is 5.43. The van der Waals surface area contributed by atoms with Gasteiger partial charge in [-0.25, -0.2) is 0 Å². The first-order valence-corrected chi connectivity index (χ1v) is 10.3. The molecule has 154 valence electrons. The first-order valence-electron chi connectivity index (χ1n) is 10.3. The molecule has 1 aliphatic carbocycles. The van der Waals surface area contributed by atoms with Crippen LogP contribution in [-0.4, -0.2) is 31.9 Å². The number of anilines is 1. The van der Waals surface area contributed by atoms with E-state index in [9.17, 15) is 4.79 Å². The summed E-state index contributed by atoms with van der Waals surface area (Å²) >= 11 is 0. The fraction of sp³-hybridized carbons (Fsp3) is 0.364. The predicted octanol–water partition coefficient (Wildman–Crippen LogP) is 3.80. The largest absolute Gasteiger partial charge is 0.448 e. The Morgan fingerprint density at radius 2 is 1.87 bits per heavy atom. The Morgan fingerprint density at radius 1 is 1.07 bits per heavy atom. The molecule has 0 atom stereocenters. The van der Waals surface area contributed by atoms with Crippen LogP contribution >= 0.6 is 0 Å². The number of hydrogen-bond donors (Lipinski definition) is 1. The molecular formula is C22H23N5O3. The van der Waals surface area contributed by atoms with Gasteiger partial charge in [0.1, 0.15) is 0 Å². The maximum Gasteiger partial charge on any atom is 0.251 e. The number of amides is 1. The number of rotatable bonds is 6. The molecule has 1 spiro atoms. The smallest absolute Gasteiger partial charge is 0.251 e. The lowest BCUT2D eigenvalue weighted by Crippen LogP contribution is -2.34. The van der Waals surface area contributed by atoms with Gasteiger partial charge in [0.25, 0.3) is 5.79 Å². The minimum absolute atomic E-state index is 0.0622. The summed E-state index contributed by atoms with van der Waals surface area (Å²) in [5, 5.41) is 15.4. The molecule has 5 rings (SSSR count). The van der Waals surface area contributed by atoms with Crippen LogP contribution in [0.1, 0.15) is 38.5 Å². The molecule has 0 unspecified atom stereocenters. The highest BCUT2D eigenvalue weighted by Crippen LogP contribution is 2.47. The lowest BCUT2D eigenvalue weighted by Gasteiger charge is -2.21. The SMILES string of the molecule is O=C(CCCn1nnc(-c2ccccc2)n1)Nc1ccc2c(c1)OC1(CCCC1)O2. The lowest BCUT2D eigenvalue weighted by molar-refractivity contribution is -0.116.